The fraction of sp³-hybridized carbons (Fsp3) is 0.0714. The number of nitrogens with two attached hydrogens (primary N) is 1. The maximum absolute atomic E-state index is 12.2. The zero-order valence-electron chi connectivity index (χ0n) is 10.2. The molecule has 0 saturated carbocycles. The fourth-order valence-electron chi connectivity index (χ4n) is 1.65. The second-order valence-electron chi connectivity index (χ2n) is 4.11. The van der Waals surface area contributed by atoms with Crippen LogP contribution in [0.5, 0.6) is 0 Å². The molecule has 0 heterocycles. The second kappa shape index (κ2) is 5.63. The van der Waals surface area contributed by atoms with Crippen LogP contribution in [0.2, 0.25) is 5.02 Å². The summed E-state index contributed by atoms with van der Waals surface area (Å²) in [4.78, 5) is 12.2. The Balaban J connectivity index is 2.31. The third-order valence-corrected chi connectivity index (χ3v) is 3.85. The summed E-state index contributed by atoms with van der Waals surface area (Å²) in [6.07, 6.45) is 0. The molecule has 0 unspecified atom stereocenters. The topological polar surface area (TPSA) is 55.1 Å². The number of nitrogens with one attached hydrogen (secondary N) is 1. The molecule has 3 N–H and O–H groups in total. The second-order valence-corrected chi connectivity index (χ2v) is 5.37. The van der Waals surface area contributed by atoms with Crippen molar-refractivity contribution < 1.29 is 4.79 Å². The van der Waals surface area contributed by atoms with Gasteiger partial charge in [-0.2, -0.15) is 0 Å². The highest BCUT2D eigenvalue weighted by molar-refractivity contribution is 9.10. The fourth-order valence-corrected chi connectivity index (χ4v) is 2.25. The summed E-state index contributed by atoms with van der Waals surface area (Å²) in [5, 5.41) is 3.44. The normalized spacial score (nSPS) is 10.3. The molecule has 0 aliphatic rings. The molecule has 0 saturated heterocycles. The van der Waals surface area contributed by atoms with Crippen molar-refractivity contribution in [1.29, 1.82) is 0 Å². The molecule has 0 atom stereocenters. The first-order chi connectivity index (χ1) is 8.99. The molecule has 2 aromatic carbocycles. The van der Waals surface area contributed by atoms with Crippen LogP contribution in [-0.2, 0) is 0 Å². The third-order valence-electron chi connectivity index (χ3n) is 2.75. The van der Waals surface area contributed by atoms with Gasteiger partial charge < -0.3 is 11.1 Å². The molecule has 2 rings (SSSR count). The van der Waals surface area contributed by atoms with Crippen LogP contribution in [-0.4, -0.2) is 5.91 Å². The van der Waals surface area contributed by atoms with E-state index < -0.39 is 0 Å². The van der Waals surface area contributed by atoms with Gasteiger partial charge in [0.15, 0.2) is 0 Å². The first-order valence-corrected chi connectivity index (χ1v) is 6.77. The van der Waals surface area contributed by atoms with E-state index in [1.807, 2.05) is 6.92 Å². The van der Waals surface area contributed by atoms with Gasteiger partial charge in [0.05, 0.1) is 5.56 Å². The van der Waals surface area contributed by atoms with Crippen molar-refractivity contribution in [1.82, 2.24) is 0 Å². The highest BCUT2D eigenvalue weighted by atomic mass is 79.9. The van der Waals surface area contributed by atoms with Crippen LogP contribution in [0.4, 0.5) is 11.4 Å². The molecule has 0 spiro atoms. The van der Waals surface area contributed by atoms with Crippen molar-refractivity contribution in [2.45, 2.75) is 6.92 Å². The Morgan fingerprint density at radius 2 is 2.05 bits per heavy atom. The van der Waals surface area contributed by atoms with Crippen LogP contribution in [0.1, 0.15) is 15.9 Å². The van der Waals surface area contributed by atoms with Gasteiger partial charge in [-0.3, -0.25) is 4.79 Å². The first kappa shape index (κ1) is 13.9. The highest BCUT2D eigenvalue weighted by Gasteiger charge is 2.12. The minimum atomic E-state index is -0.232. The molecule has 19 heavy (non-hydrogen) atoms. The summed E-state index contributed by atoms with van der Waals surface area (Å²) in [5.74, 6) is -0.232. The quantitative estimate of drug-likeness (QED) is 0.804. The van der Waals surface area contributed by atoms with Gasteiger partial charge in [-0.05, 0) is 58.7 Å². The maximum atomic E-state index is 12.2. The summed E-state index contributed by atoms with van der Waals surface area (Å²) in [6.45, 7) is 1.85. The van der Waals surface area contributed by atoms with E-state index >= 15 is 0 Å². The average molecular weight is 340 g/mol. The Kier molecular flexibility index (Phi) is 4.12. The number of benzene rings is 2. The van der Waals surface area contributed by atoms with E-state index in [-0.39, 0.29) is 5.91 Å². The average Bonchev–Trinajstić information content (AvgIpc) is 2.38. The predicted molar refractivity (Wildman–Crippen MR) is 82.7 cm³/mol. The van der Waals surface area contributed by atoms with Crippen molar-refractivity contribution in [3.63, 3.8) is 0 Å². The summed E-state index contributed by atoms with van der Waals surface area (Å²) in [5.41, 5.74) is 8.23. The van der Waals surface area contributed by atoms with Gasteiger partial charge in [0.1, 0.15) is 0 Å². The molecule has 98 valence electrons. The summed E-state index contributed by atoms with van der Waals surface area (Å²) < 4.78 is 0.693. The number of carbonyl (C=O) groups excluding carboxylic acids is 1. The maximum Gasteiger partial charge on any atom is 0.256 e. The van der Waals surface area contributed by atoms with Crippen LogP contribution in [0.15, 0.2) is 40.9 Å². The molecule has 5 heteroatoms. The molecule has 0 aromatic heterocycles. The minimum absolute atomic E-state index is 0.232. The Hall–Kier alpha value is -1.52. The van der Waals surface area contributed by atoms with Crippen LogP contribution >= 0.6 is 27.5 Å². The number of anilines is 2. The van der Waals surface area contributed by atoms with Crippen LogP contribution in [0.3, 0.4) is 0 Å². The summed E-state index contributed by atoms with van der Waals surface area (Å²) in [6, 6.07) is 10.5. The van der Waals surface area contributed by atoms with Gasteiger partial charge in [-0.1, -0.05) is 17.7 Å². The van der Waals surface area contributed by atoms with E-state index in [0.29, 0.717) is 26.4 Å². The van der Waals surface area contributed by atoms with Crippen LogP contribution in [0.25, 0.3) is 0 Å². The molecule has 2 aromatic rings. The largest absolute Gasteiger partial charge is 0.399 e. The first-order valence-electron chi connectivity index (χ1n) is 5.60. The van der Waals surface area contributed by atoms with Crippen molar-refractivity contribution in [2.75, 3.05) is 11.1 Å². The van der Waals surface area contributed by atoms with E-state index in [0.717, 1.165) is 5.56 Å². The number of amides is 1. The van der Waals surface area contributed by atoms with Gasteiger partial charge in [0, 0.05) is 20.9 Å². The predicted octanol–water partition coefficient (Wildman–Crippen LogP) is 4.25. The Bertz CT molecular complexity index is 643. The van der Waals surface area contributed by atoms with Gasteiger partial charge >= 0.3 is 0 Å². The van der Waals surface area contributed by atoms with Gasteiger partial charge in [-0.25, -0.2) is 0 Å². The van der Waals surface area contributed by atoms with E-state index in [4.69, 9.17) is 17.3 Å². The monoisotopic (exact) mass is 338 g/mol. The molecular formula is C14H12BrClN2O. The Morgan fingerprint density at radius 1 is 1.32 bits per heavy atom. The number of hydrogen-bond donors (Lipinski definition) is 2. The van der Waals surface area contributed by atoms with Gasteiger partial charge in [0.2, 0.25) is 0 Å². The van der Waals surface area contributed by atoms with Crippen molar-refractivity contribution in [3.05, 3.63) is 57.0 Å². The van der Waals surface area contributed by atoms with Crippen molar-refractivity contribution >= 4 is 44.8 Å². The molecule has 0 radical (unpaired) electrons. The van der Waals surface area contributed by atoms with E-state index in [1.165, 1.54) is 0 Å². The Morgan fingerprint density at radius 3 is 2.79 bits per heavy atom. The molecule has 0 fully saturated rings. The highest BCUT2D eigenvalue weighted by Crippen LogP contribution is 2.25. The lowest BCUT2D eigenvalue weighted by Crippen LogP contribution is -2.13. The SMILES string of the molecule is Cc1c(Cl)cccc1NC(=O)c1cc(N)ccc1Br. The zero-order chi connectivity index (χ0) is 14.0. The lowest BCUT2D eigenvalue weighted by atomic mass is 10.1. The van der Waals surface area contributed by atoms with E-state index in [2.05, 4.69) is 21.2 Å². The number of hydrogen-bond acceptors (Lipinski definition) is 2. The van der Waals surface area contributed by atoms with Crippen LogP contribution in [0, 0.1) is 6.92 Å². The van der Waals surface area contributed by atoms with Gasteiger partial charge in [-0.15, -0.1) is 0 Å². The molecule has 0 aliphatic carbocycles. The standard InChI is InChI=1S/C14H12BrClN2O/c1-8-12(16)3-2-4-13(8)18-14(19)10-7-9(17)5-6-11(10)15/h2-7H,17H2,1H3,(H,18,19). The van der Waals surface area contributed by atoms with Crippen molar-refractivity contribution in [2.24, 2.45) is 0 Å². The van der Waals surface area contributed by atoms with Crippen molar-refractivity contribution in [3.8, 4) is 0 Å². The number of nitrogen functional groups attached to an aromatic ring is 1. The molecule has 1 amide bonds. The smallest absolute Gasteiger partial charge is 0.256 e. The number of halogens is 2. The Labute approximate surface area is 124 Å². The minimum Gasteiger partial charge on any atom is -0.399 e. The van der Waals surface area contributed by atoms with E-state index in [9.17, 15) is 4.79 Å². The molecule has 0 aliphatic heterocycles. The van der Waals surface area contributed by atoms with Gasteiger partial charge in [0.25, 0.3) is 5.91 Å². The molecular weight excluding hydrogens is 328 g/mol. The number of carbonyl (C=O) groups is 1. The summed E-state index contributed by atoms with van der Waals surface area (Å²) >= 11 is 9.35. The third kappa shape index (κ3) is 3.08. The molecule has 0 bridgehead atoms. The number of rotatable bonds is 2. The summed E-state index contributed by atoms with van der Waals surface area (Å²) in [7, 11) is 0. The zero-order valence-corrected chi connectivity index (χ0v) is 12.5. The lowest BCUT2D eigenvalue weighted by Gasteiger charge is -2.10. The molecule has 3 nitrogen and oxygen atoms in total. The van der Waals surface area contributed by atoms with E-state index in [1.54, 1.807) is 36.4 Å². The van der Waals surface area contributed by atoms with Crippen LogP contribution < -0.4 is 11.1 Å². The lowest BCUT2D eigenvalue weighted by molar-refractivity contribution is 0.102.